The fraction of sp³-hybridized carbons (Fsp3) is 0.474. The van der Waals surface area contributed by atoms with Crippen LogP contribution in [0.15, 0.2) is 36.5 Å². The molecular weight excluding hydrogens is 355 g/mol. The molecule has 0 amide bonds. The van der Waals surface area contributed by atoms with Crippen molar-refractivity contribution in [3.8, 4) is 0 Å². The van der Waals surface area contributed by atoms with E-state index in [2.05, 4.69) is 19.8 Å². The summed E-state index contributed by atoms with van der Waals surface area (Å²) in [7, 11) is 5.82. The van der Waals surface area contributed by atoms with Crippen LogP contribution < -0.4 is 9.80 Å². The zero-order valence-corrected chi connectivity index (χ0v) is 15.7. The molecule has 2 aromatic rings. The van der Waals surface area contributed by atoms with E-state index in [0.717, 1.165) is 31.4 Å². The molecular formula is C19H24F3N5. The van der Waals surface area contributed by atoms with Crippen LogP contribution in [0.25, 0.3) is 0 Å². The first kappa shape index (κ1) is 19.4. The lowest BCUT2D eigenvalue weighted by molar-refractivity contribution is -0.137. The molecule has 0 N–H and O–H groups in total. The maximum Gasteiger partial charge on any atom is 0.416 e. The highest BCUT2D eigenvalue weighted by Gasteiger charge is 2.31. The van der Waals surface area contributed by atoms with Gasteiger partial charge in [-0.05, 0) is 24.1 Å². The summed E-state index contributed by atoms with van der Waals surface area (Å²) < 4.78 is 38.7. The molecule has 8 heteroatoms. The Hall–Kier alpha value is -2.35. The van der Waals surface area contributed by atoms with Gasteiger partial charge in [0.05, 0.1) is 5.56 Å². The zero-order valence-electron chi connectivity index (χ0n) is 15.7. The smallest absolute Gasteiger partial charge is 0.363 e. The van der Waals surface area contributed by atoms with Gasteiger partial charge in [0.25, 0.3) is 0 Å². The average Bonchev–Trinajstić information content (AvgIpc) is 3.09. The molecule has 0 saturated carbocycles. The quantitative estimate of drug-likeness (QED) is 0.797. The Morgan fingerprint density at radius 2 is 1.96 bits per heavy atom. The van der Waals surface area contributed by atoms with Crippen LogP contribution >= 0.6 is 0 Å². The van der Waals surface area contributed by atoms with Crippen molar-refractivity contribution in [3.05, 3.63) is 47.7 Å². The third kappa shape index (κ3) is 4.68. The van der Waals surface area contributed by atoms with E-state index in [1.807, 2.05) is 32.1 Å². The van der Waals surface area contributed by atoms with E-state index in [-0.39, 0.29) is 6.04 Å². The number of hydrogen-bond acceptors (Lipinski definition) is 5. The van der Waals surface area contributed by atoms with E-state index in [0.29, 0.717) is 18.1 Å². The van der Waals surface area contributed by atoms with Crippen molar-refractivity contribution >= 4 is 11.8 Å². The van der Waals surface area contributed by atoms with E-state index in [1.54, 1.807) is 12.3 Å². The first-order valence-corrected chi connectivity index (χ1v) is 8.86. The van der Waals surface area contributed by atoms with Gasteiger partial charge >= 0.3 is 6.18 Å². The maximum atomic E-state index is 12.9. The highest BCUT2D eigenvalue weighted by molar-refractivity contribution is 5.42. The second-order valence-electron chi connectivity index (χ2n) is 7.10. The van der Waals surface area contributed by atoms with Gasteiger partial charge in [-0.3, -0.25) is 4.90 Å². The highest BCUT2D eigenvalue weighted by Crippen LogP contribution is 2.30. The molecule has 0 bridgehead atoms. The Bertz CT molecular complexity index is 778. The average molecular weight is 379 g/mol. The van der Waals surface area contributed by atoms with Crippen molar-refractivity contribution in [1.82, 2.24) is 14.9 Å². The molecule has 1 fully saturated rings. The third-order valence-corrected chi connectivity index (χ3v) is 4.86. The molecule has 1 aliphatic heterocycles. The minimum Gasteiger partial charge on any atom is -0.363 e. The van der Waals surface area contributed by atoms with Crippen molar-refractivity contribution in [2.24, 2.45) is 0 Å². The SMILES string of the molecule is CN(C)c1ccnc(N(C)C2CCN(Cc3cccc(C(F)(F)F)c3)C2)n1. The van der Waals surface area contributed by atoms with Crippen molar-refractivity contribution in [1.29, 1.82) is 0 Å². The molecule has 1 saturated heterocycles. The summed E-state index contributed by atoms with van der Waals surface area (Å²) in [5.74, 6) is 1.50. The number of likely N-dealkylation sites (tertiary alicyclic amines) is 1. The van der Waals surface area contributed by atoms with Gasteiger partial charge in [-0.15, -0.1) is 0 Å². The lowest BCUT2D eigenvalue weighted by Crippen LogP contribution is -2.35. The molecule has 27 heavy (non-hydrogen) atoms. The molecule has 1 aromatic heterocycles. The number of alkyl halides is 3. The first-order chi connectivity index (χ1) is 12.7. The lowest BCUT2D eigenvalue weighted by atomic mass is 10.1. The number of aromatic nitrogens is 2. The molecule has 1 aromatic carbocycles. The van der Waals surface area contributed by atoms with Gasteiger partial charge in [-0.2, -0.15) is 18.2 Å². The van der Waals surface area contributed by atoms with Gasteiger partial charge in [-0.25, -0.2) is 4.98 Å². The molecule has 1 aliphatic rings. The number of nitrogens with zero attached hydrogens (tertiary/aromatic N) is 5. The number of benzene rings is 1. The largest absolute Gasteiger partial charge is 0.416 e. The number of likely N-dealkylation sites (N-methyl/N-ethyl adjacent to an activating group) is 1. The highest BCUT2D eigenvalue weighted by atomic mass is 19.4. The Kier molecular flexibility index (Phi) is 5.55. The van der Waals surface area contributed by atoms with Crippen LogP contribution in [-0.4, -0.2) is 55.1 Å². The molecule has 1 atom stereocenters. The second-order valence-corrected chi connectivity index (χ2v) is 7.10. The molecule has 146 valence electrons. The van der Waals surface area contributed by atoms with Crippen LogP contribution in [0.3, 0.4) is 0 Å². The fourth-order valence-corrected chi connectivity index (χ4v) is 3.30. The van der Waals surface area contributed by atoms with Crippen LogP contribution in [0.1, 0.15) is 17.5 Å². The predicted octanol–water partition coefficient (Wildman–Crippen LogP) is 3.27. The molecule has 1 unspecified atom stereocenters. The van der Waals surface area contributed by atoms with Crippen LogP contribution in [0.2, 0.25) is 0 Å². The summed E-state index contributed by atoms with van der Waals surface area (Å²) in [5.41, 5.74) is 0.0840. The van der Waals surface area contributed by atoms with E-state index in [1.165, 1.54) is 12.1 Å². The monoisotopic (exact) mass is 379 g/mol. The molecule has 0 aliphatic carbocycles. The van der Waals surface area contributed by atoms with Gasteiger partial charge in [0.15, 0.2) is 0 Å². The summed E-state index contributed by atoms with van der Waals surface area (Å²) >= 11 is 0. The Morgan fingerprint density at radius 3 is 2.67 bits per heavy atom. The third-order valence-electron chi connectivity index (χ3n) is 4.86. The van der Waals surface area contributed by atoms with E-state index < -0.39 is 11.7 Å². The fourth-order valence-electron chi connectivity index (χ4n) is 3.30. The Morgan fingerprint density at radius 1 is 1.19 bits per heavy atom. The normalized spacial score (nSPS) is 17.9. The summed E-state index contributed by atoms with van der Waals surface area (Å²) in [5, 5.41) is 0. The molecule has 2 heterocycles. The minimum absolute atomic E-state index is 0.230. The summed E-state index contributed by atoms with van der Waals surface area (Å²) in [4.78, 5) is 15.1. The maximum absolute atomic E-state index is 12.9. The van der Waals surface area contributed by atoms with Gasteiger partial charge in [-0.1, -0.05) is 18.2 Å². The lowest BCUT2D eigenvalue weighted by Gasteiger charge is -2.26. The number of hydrogen-bond donors (Lipinski definition) is 0. The summed E-state index contributed by atoms with van der Waals surface area (Å²) in [6.45, 7) is 2.10. The van der Waals surface area contributed by atoms with E-state index in [4.69, 9.17) is 0 Å². The van der Waals surface area contributed by atoms with Crippen molar-refractivity contribution in [3.63, 3.8) is 0 Å². The number of rotatable bonds is 5. The van der Waals surface area contributed by atoms with Crippen molar-refractivity contribution < 1.29 is 13.2 Å². The standard InChI is InChI=1S/C19H24F3N5/c1-25(2)17-7-9-23-18(24-17)26(3)16-8-10-27(13-16)12-14-5-4-6-15(11-14)19(20,21)22/h4-7,9,11,16H,8,10,12-13H2,1-3H3. The molecule has 0 spiro atoms. The van der Waals surface area contributed by atoms with E-state index in [9.17, 15) is 13.2 Å². The second kappa shape index (κ2) is 7.72. The van der Waals surface area contributed by atoms with Crippen LogP contribution in [0, 0.1) is 0 Å². The zero-order chi connectivity index (χ0) is 19.6. The summed E-state index contributed by atoms with van der Waals surface area (Å²) in [6.07, 6.45) is -1.65. The van der Waals surface area contributed by atoms with Gasteiger partial charge in [0.1, 0.15) is 5.82 Å². The molecule has 3 rings (SSSR count). The van der Waals surface area contributed by atoms with Gasteiger partial charge in [0, 0.05) is 53.0 Å². The van der Waals surface area contributed by atoms with Gasteiger partial charge < -0.3 is 9.80 Å². The Labute approximate surface area is 157 Å². The van der Waals surface area contributed by atoms with Gasteiger partial charge in [0.2, 0.25) is 5.95 Å². The van der Waals surface area contributed by atoms with Crippen molar-refractivity contribution in [2.45, 2.75) is 25.2 Å². The number of halogens is 3. The summed E-state index contributed by atoms with van der Waals surface area (Å²) in [6, 6.07) is 7.65. The number of anilines is 2. The minimum atomic E-state index is -4.31. The molecule has 0 radical (unpaired) electrons. The van der Waals surface area contributed by atoms with Crippen molar-refractivity contribution in [2.75, 3.05) is 44.0 Å². The van der Waals surface area contributed by atoms with E-state index >= 15 is 0 Å². The van der Waals surface area contributed by atoms with Crippen LogP contribution in [-0.2, 0) is 12.7 Å². The Balaban J connectivity index is 1.64. The predicted molar refractivity (Wildman–Crippen MR) is 99.9 cm³/mol. The van der Waals surface area contributed by atoms with Crippen LogP contribution in [0.5, 0.6) is 0 Å². The van der Waals surface area contributed by atoms with Crippen LogP contribution in [0.4, 0.5) is 24.9 Å². The first-order valence-electron chi connectivity index (χ1n) is 8.86. The molecule has 5 nitrogen and oxygen atoms in total. The topological polar surface area (TPSA) is 35.5 Å².